The Hall–Kier alpha value is 0.0700. The number of hydrogen-bond donors (Lipinski definition) is 1. The fourth-order valence-electron chi connectivity index (χ4n) is 1.15. The highest BCUT2D eigenvalue weighted by atomic mass is 31.2. The Balaban J connectivity index is 4.71. The topological polar surface area (TPSA) is 50.8 Å². The minimum atomic E-state index is -3.05. The summed E-state index contributed by atoms with van der Waals surface area (Å²) in [6.45, 7) is 3.93. The number of rotatable bonds is 6. The lowest BCUT2D eigenvalue weighted by atomic mass is 10.2. The fraction of sp³-hybridized carbons (Fsp3) is 1.00. The van der Waals surface area contributed by atoms with Gasteiger partial charge in [0.15, 0.2) is 0 Å². The van der Waals surface area contributed by atoms with Crippen molar-refractivity contribution in [3.8, 4) is 0 Å². The summed E-state index contributed by atoms with van der Waals surface area (Å²) in [5, 5.41) is 1.75. The summed E-state index contributed by atoms with van der Waals surface area (Å²) in [4.78, 5) is 0. The third-order valence-corrected chi connectivity index (χ3v) is 4.28. The van der Waals surface area contributed by atoms with Crippen LogP contribution in [0.5, 0.6) is 0 Å². The molecule has 0 aromatic carbocycles. The van der Waals surface area contributed by atoms with Crippen LogP contribution in [-0.4, -0.2) is 39.1 Å². The van der Waals surface area contributed by atoms with E-state index in [4.69, 9.17) is 9.05 Å². The molecule has 0 fully saturated rings. The smallest absolute Gasteiger partial charge is 0.311 e. The molecule has 0 saturated carbocycles. The summed E-state index contributed by atoms with van der Waals surface area (Å²) >= 11 is 0. The fourth-order valence-corrected chi connectivity index (χ4v) is 2.86. The molecule has 0 radical (unpaired) electrons. The molecule has 0 aliphatic carbocycles. The van der Waals surface area contributed by atoms with E-state index >= 15 is 0 Å². The molecule has 6 heteroatoms. The standard InChI is InChI=1S/C8H21N2O3P/c1-7(2)8(9-10(3)4)14(11,12-5)13-6/h7-9H,1-6H3. The first-order valence-electron chi connectivity index (χ1n) is 4.52. The molecular formula is C8H21N2O3P. The predicted molar refractivity (Wildman–Crippen MR) is 57.1 cm³/mol. The molecule has 0 aromatic heterocycles. The molecule has 0 rings (SSSR count). The predicted octanol–water partition coefficient (Wildman–Crippen LogP) is 1.52. The van der Waals surface area contributed by atoms with Crippen LogP contribution in [0, 0.1) is 5.92 Å². The molecule has 0 aromatic rings. The molecule has 0 aliphatic heterocycles. The third kappa shape index (κ3) is 3.67. The van der Waals surface area contributed by atoms with Crippen LogP contribution in [0.15, 0.2) is 0 Å². The second-order valence-corrected chi connectivity index (χ2v) is 5.98. The number of nitrogens with one attached hydrogen (secondary N) is 1. The van der Waals surface area contributed by atoms with E-state index < -0.39 is 7.60 Å². The quantitative estimate of drug-likeness (QED) is 0.547. The van der Waals surface area contributed by atoms with Crippen LogP contribution in [0.25, 0.3) is 0 Å². The maximum absolute atomic E-state index is 12.1. The lowest BCUT2D eigenvalue weighted by molar-refractivity contribution is 0.196. The van der Waals surface area contributed by atoms with Crippen molar-refractivity contribution in [3.63, 3.8) is 0 Å². The zero-order valence-corrected chi connectivity index (χ0v) is 10.7. The van der Waals surface area contributed by atoms with E-state index in [-0.39, 0.29) is 11.7 Å². The van der Waals surface area contributed by atoms with Crippen molar-refractivity contribution in [1.82, 2.24) is 10.4 Å². The summed E-state index contributed by atoms with van der Waals surface area (Å²) in [5.41, 5.74) is 3.04. The molecular weight excluding hydrogens is 203 g/mol. The highest BCUT2D eigenvalue weighted by Crippen LogP contribution is 2.52. The van der Waals surface area contributed by atoms with Crippen molar-refractivity contribution in [3.05, 3.63) is 0 Å². The van der Waals surface area contributed by atoms with Crippen molar-refractivity contribution >= 4 is 7.60 Å². The van der Waals surface area contributed by atoms with Gasteiger partial charge < -0.3 is 9.05 Å². The molecule has 0 spiro atoms. The lowest BCUT2D eigenvalue weighted by Crippen LogP contribution is -2.43. The maximum Gasteiger partial charge on any atom is 0.348 e. The van der Waals surface area contributed by atoms with Gasteiger partial charge in [0, 0.05) is 28.3 Å². The summed E-state index contributed by atoms with van der Waals surface area (Å²) < 4.78 is 22.0. The van der Waals surface area contributed by atoms with E-state index in [0.29, 0.717) is 0 Å². The Kier molecular flexibility index (Phi) is 5.86. The Morgan fingerprint density at radius 2 is 1.64 bits per heavy atom. The third-order valence-electron chi connectivity index (χ3n) is 1.87. The summed E-state index contributed by atoms with van der Waals surface area (Å²) in [6.07, 6.45) is 0. The molecule has 86 valence electrons. The van der Waals surface area contributed by atoms with Gasteiger partial charge in [-0.05, 0) is 5.92 Å². The van der Waals surface area contributed by atoms with Gasteiger partial charge in [0.05, 0.1) is 0 Å². The molecule has 0 heterocycles. The molecule has 0 aliphatic rings. The second-order valence-electron chi connectivity index (χ2n) is 3.62. The molecule has 0 amide bonds. The van der Waals surface area contributed by atoms with Gasteiger partial charge in [-0.3, -0.25) is 4.57 Å². The normalized spacial score (nSPS) is 15.1. The molecule has 1 N–H and O–H groups in total. The maximum atomic E-state index is 12.1. The molecule has 0 bridgehead atoms. The largest absolute Gasteiger partial charge is 0.348 e. The summed E-state index contributed by atoms with van der Waals surface area (Å²) in [6, 6.07) is 0. The molecule has 1 atom stereocenters. The van der Waals surface area contributed by atoms with E-state index in [9.17, 15) is 4.57 Å². The van der Waals surface area contributed by atoms with Gasteiger partial charge in [-0.15, -0.1) is 0 Å². The first-order valence-corrected chi connectivity index (χ1v) is 6.13. The van der Waals surface area contributed by atoms with Crippen LogP contribution in [0.3, 0.4) is 0 Å². The van der Waals surface area contributed by atoms with E-state index in [2.05, 4.69) is 5.43 Å². The number of hydrazine groups is 1. The number of hydrogen-bond acceptors (Lipinski definition) is 5. The second kappa shape index (κ2) is 5.83. The highest BCUT2D eigenvalue weighted by Gasteiger charge is 2.36. The summed E-state index contributed by atoms with van der Waals surface area (Å²) in [7, 11) is 3.42. The van der Waals surface area contributed by atoms with Gasteiger partial charge in [-0.1, -0.05) is 13.8 Å². The molecule has 1 unspecified atom stereocenters. The van der Waals surface area contributed by atoms with Gasteiger partial charge in [0.1, 0.15) is 5.78 Å². The van der Waals surface area contributed by atoms with Gasteiger partial charge in [-0.25, -0.2) is 10.4 Å². The van der Waals surface area contributed by atoms with Gasteiger partial charge >= 0.3 is 7.60 Å². The van der Waals surface area contributed by atoms with Crippen molar-refractivity contribution in [2.75, 3.05) is 28.3 Å². The zero-order valence-electron chi connectivity index (χ0n) is 9.77. The Morgan fingerprint density at radius 1 is 1.21 bits per heavy atom. The van der Waals surface area contributed by atoms with Crippen molar-refractivity contribution in [2.45, 2.75) is 19.6 Å². The van der Waals surface area contributed by atoms with Crippen molar-refractivity contribution in [2.24, 2.45) is 5.92 Å². The monoisotopic (exact) mass is 224 g/mol. The minimum Gasteiger partial charge on any atom is -0.311 e. The Labute approximate surface area is 86.3 Å². The van der Waals surface area contributed by atoms with Crippen LogP contribution in [-0.2, 0) is 13.6 Å². The van der Waals surface area contributed by atoms with E-state index in [1.54, 1.807) is 5.01 Å². The summed E-state index contributed by atoms with van der Waals surface area (Å²) in [5.74, 6) is -0.171. The van der Waals surface area contributed by atoms with E-state index in [1.807, 2.05) is 27.9 Å². The van der Waals surface area contributed by atoms with Crippen LogP contribution in [0.2, 0.25) is 0 Å². The zero-order chi connectivity index (χ0) is 11.4. The van der Waals surface area contributed by atoms with Gasteiger partial charge in [0.25, 0.3) is 0 Å². The molecule has 5 nitrogen and oxygen atoms in total. The average Bonchev–Trinajstić information content (AvgIpc) is 2.12. The Morgan fingerprint density at radius 3 is 1.86 bits per heavy atom. The van der Waals surface area contributed by atoms with Crippen LogP contribution < -0.4 is 5.43 Å². The van der Waals surface area contributed by atoms with Crippen molar-refractivity contribution < 1.29 is 13.6 Å². The minimum absolute atomic E-state index is 0.156. The Bertz CT molecular complexity index is 201. The SMILES string of the molecule is COP(=O)(OC)C(NN(C)C)C(C)C. The number of nitrogens with zero attached hydrogens (tertiary/aromatic N) is 1. The molecule has 0 saturated heterocycles. The van der Waals surface area contributed by atoms with Crippen LogP contribution in [0.4, 0.5) is 0 Å². The molecule has 14 heavy (non-hydrogen) atoms. The van der Waals surface area contributed by atoms with E-state index in [1.165, 1.54) is 14.2 Å². The van der Waals surface area contributed by atoms with Gasteiger partial charge in [-0.2, -0.15) is 0 Å². The van der Waals surface area contributed by atoms with Crippen molar-refractivity contribution in [1.29, 1.82) is 0 Å². The van der Waals surface area contributed by atoms with Gasteiger partial charge in [0.2, 0.25) is 0 Å². The first kappa shape index (κ1) is 14.1. The average molecular weight is 224 g/mol. The first-order chi connectivity index (χ1) is 6.37. The van der Waals surface area contributed by atoms with E-state index in [0.717, 1.165) is 0 Å². The van der Waals surface area contributed by atoms with Crippen LogP contribution in [0.1, 0.15) is 13.8 Å². The van der Waals surface area contributed by atoms with Crippen LogP contribution >= 0.6 is 7.60 Å². The highest BCUT2D eigenvalue weighted by molar-refractivity contribution is 7.54. The lowest BCUT2D eigenvalue weighted by Gasteiger charge is -2.30.